The Bertz CT molecular complexity index is 641. The Labute approximate surface area is 170 Å². The van der Waals surface area contributed by atoms with Gasteiger partial charge in [0.1, 0.15) is 11.5 Å². The lowest BCUT2D eigenvalue weighted by atomic mass is 10.0. The monoisotopic (exact) mass is 384 g/mol. The van der Waals surface area contributed by atoms with Gasteiger partial charge in [-0.25, -0.2) is 0 Å². The van der Waals surface area contributed by atoms with Gasteiger partial charge in [-0.1, -0.05) is 39.0 Å². The van der Waals surface area contributed by atoms with Crippen LogP contribution in [0, 0.1) is 0 Å². The number of rotatable bonds is 14. The molecule has 0 spiro atoms. The average molecular weight is 385 g/mol. The Morgan fingerprint density at radius 3 is 1.86 bits per heavy atom. The largest absolute Gasteiger partial charge is 0.494 e. The van der Waals surface area contributed by atoms with Crippen molar-refractivity contribution in [2.45, 2.75) is 70.8 Å². The molecule has 0 fully saturated rings. The summed E-state index contributed by atoms with van der Waals surface area (Å²) in [7, 11) is 0. The van der Waals surface area contributed by atoms with Gasteiger partial charge in [0.15, 0.2) is 0 Å². The lowest BCUT2D eigenvalue weighted by Gasteiger charge is -2.19. The summed E-state index contributed by atoms with van der Waals surface area (Å²) in [4.78, 5) is 0. The maximum atomic E-state index is 6.24. The van der Waals surface area contributed by atoms with Crippen LogP contribution in [-0.4, -0.2) is 12.7 Å². The van der Waals surface area contributed by atoms with Crippen molar-refractivity contribution in [1.29, 1.82) is 0 Å². The first-order valence-corrected chi connectivity index (χ1v) is 10.7. The number of benzene rings is 2. The summed E-state index contributed by atoms with van der Waals surface area (Å²) in [6.45, 7) is 2.94. The van der Waals surface area contributed by atoms with Crippen LogP contribution >= 0.6 is 0 Å². The highest BCUT2D eigenvalue weighted by molar-refractivity contribution is 5.42. The van der Waals surface area contributed by atoms with E-state index < -0.39 is 0 Å². The molecular weight excluding hydrogens is 348 g/mol. The van der Waals surface area contributed by atoms with Gasteiger partial charge in [0.05, 0.1) is 12.7 Å². The quantitative estimate of drug-likeness (QED) is 0.300. The average Bonchev–Trinajstić information content (AvgIpc) is 2.70. The van der Waals surface area contributed by atoms with E-state index in [0.29, 0.717) is 6.61 Å². The van der Waals surface area contributed by atoms with Gasteiger partial charge in [-0.2, -0.15) is 0 Å². The number of ether oxygens (including phenoxy) is 2. The fraction of sp³-hybridized carbons (Fsp3) is 0.500. The number of nitrogens with two attached hydrogens (primary N) is 2. The molecule has 154 valence electrons. The third kappa shape index (κ3) is 9.03. The van der Waals surface area contributed by atoms with Gasteiger partial charge in [-0.3, -0.25) is 0 Å². The van der Waals surface area contributed by atoms with Crippen molar-refractivity contribution in [2.75, 3.05) is 18.1 Å². The van der Waals surface area contributed by atoms with Crippen LogP contribution in [0.1, 0.15) is 64.7 Å². The predicted molar refractivity (Wildman–Crippen MR) is 119 cm³/mol. The molecule has 2 aromatic rings. The Morgan fingerprint density at radius 1 is 0.679 bits per heavy atom. The van der Waals surface area contributed by atoms with Crippen molar-refractivity contribution in [3.8, 4) is 11.5 Å². The summed E-state index contributed by atoms with van der Waals surface area (Å²) in [6.07, 6.45) is 11.0. The molecule has 4 nitrogen and oxygen atoms in total. The van der Waals surface area contributed by atoms with Crippen LogP contribution in [-0.2, 0) is 0 Å². The Balaban J connectivity index is 1.75. The van der Waals surface area contributed by atoms with Crippen LogP contribution in [0.5, 0.6) is 11.5 Å². The molecule has 2 rings (SSSR count). The van der Waals surface area contributed by atoms with Crippen molar-refractivity contribution < 1.29 is 9.47 Å². The lowest BCUT2D eigenvalue weighted by molar-refractivity contribution is 0.164. The Kier molecular flexibility index (Phi) is 10.1. The highest BCUT2D eigenvalue weighted by atomic mass is 16.5. The molecule has 0 aromatic heterocycles. The van der Waals surface area contributed by atoms with E-state index in [4.69, 9.17) is 20.9 Å². The van der Waals surface area contributed by atoms with Crippen LogP contribution in [0.15, 0.2) is 48.5 Å². The summed E-state index contributed by atoms with van der Waals surface area (Å²) >= 11 is 0. The summed E-state index contributed by atoms with van der Waals surface area (Å²) in [5.74, 6) is 1.76. The molecule has 0 bridgehead atoms. The van der Waals surface area contributed by atoms with Gasteiger partial charge in [0, 0.05) is 11.4 Å². The standard InChI is InChI=1S/C24H36N2O2/c1-2-3-4-5-6-7-9-23(28-24-17-13-21(26)14-18-24)10-8-19-27-22-15-11-20(25)12-16-22/h11-18,23H,2-10,19,25-26H2,1H3. The third-order valence-electron chi connectivity index (χ3n) is 4.88. The zero-order chi connectivity index (χ0) is 20.0. The maximum absolute atomic E-state index is 6.24. The number of hydrogen-bond donors (Lipinski definition) is 2. The van der Waals surface area contributed by atoms with Crippen LogP contribution < -0.4 is 20.9 Å². The zero-order valence-corrected chi connectivity index (χ0v) is 17.2. The SMILES string of the molecule is CCCCCCCCC(CCCOc1ccc(N)cc1)Oc1ccc(N)cc1. The van der Waals surface area contributed by atoms with Crippen molar-refractivity contribution in [3.05, 3.63) is 48.5 Å². The number of nitrogen functional groups attached to an aromatic ring is 2. The third-order valence-corrected chi connectivity index (χ3v) is 4.88. The van der Waals surface area contributed by atoms with E-state index in [2.05, 4.69) is 6.92 Å². The smallest absolute Gasteiger partial charge is 0.119 e. The van der Waals surface area contributed by atoms with Crippen LogP contribution in [0.4, 0.5) is 11.4 Å². The van der Waals surface area contributed by atoms with E-state index in [1.54, 1.807) is 0 Å². The summed E-state index contributed by atoms with van der Waals surface area (Å²) < 4.78 is 12.1. The molecule has 0 saturated carbocycles. The number of hydrogen-bond acceptors (Lipinski definition) is 4. The van der Waals surface area contributed by atoms with Crippen LogP contribution in [0.3, 0.4) is 0 Å². The predicted octanol–water partition coefficient (Wildman–Crippen LogP) is 6.21. The minimum absolute atomic E-state index is 0.213. The highest BCUT2D eigenvalue weighted by Gasteiger charge is 2.11. The molecule has 0 saturated heterocycles. The van der Waals surface area contributed by atoms with Gasteiger partial charge in [-0.15, -0.1) is 0 Å². The fourth-order valence-corrected chi connectivity index (χ4v) is 3.22. The van der Waals surface area contributed by atoms with Gasteiger partial charge in [-0.05, 0) is 74.2 Å². The van der Waals surface area contributed by atoms with E-state index in [9.17, 15) is 0 Å². The summed E-state index contributed by atoms with van der Waals surface area (Å²) in [5.41, 5.74) is 13.0. The van der Waals surface area contributed by atoms with E-state index in [1.807, 2.05) is 48.5 Å². The maximum Gasteiger partial charge on any atom is 0.119 e. The highest BCUT2D eigenvalue weighted by Crippen LogP contribution is 2.21. The van der Waals surface area contributed by atoms with Crippen molar-refractivity contribution in [1.82, 2.24) is 0 Å². The van der Waals surface area contributed by atoms with Gasteiger partial charge >= 0.3 is 0 Å². The molecule has 2 aromatic carbocycles. The molecule has 1 unspecified atom stereocenters. The first-order chi connectivity index (χ1) is 13.7. The lowest BCUT2D eigenvalue weighted by Crippen LogP contribution is -2.18. The molecule has 0 aliphatic carbocycles. The molecule has 4 N–H and O–H groups in total. The van der Waals surface area contributed by atoms with Crippen molar-refractivity contribution in [2.24, 2.45) is 0 Å². The van der Waals surface area contributed by atoms with Gasteiger partial charge < -0.3 is 20.9 Å². The second-order valence-corrected chi connectivity index (χ2v) is 7.43. The van der Waals surface area contributed by atoms with Crippen molar-refractivity contribution in [3.63, 3.8) is 0 Å². The molecule has 1 atom stereocenters. The van der Waals surface area contributed by atoms with Gasteiger partial charge in [0.2, 0.25) is 0 Å². The Hall–Kier alpha value is -2.36. The minimum Gasteiger partial charge on any atom is -0.494 e. The number of anilines is 2. The molecule has 4 heteroatoms. The van der Waals surface area contributed by atoms with Crippen LogP contribution in [0.25, 0.3) is 0 Å². The zero-order valence-electron chi connectivity index (χ0n) is 17.2. The van der Waals surface area contributed by atoms with E-state index in [-0.39, 0.29) is 6.10 Å². The van der Waals surface area contributed by atoms with Crippen LogP contribution in [0.2, 0.25) is 0 Å². The molecule has 0 radical (unpaired) electrons. The molecule has 0 heterocycles. The first-order valence-electron chi connectivity index (χ1n) is 10.7. The topological polar surface area (TPSA) is 70.5 Å². The molecule has 0 aliphatic rings. The second kappa shape index (κ2) is 12.9. The fourth-order valence-electron chi connectivity index (χ4n) is 3.22. The minimum atomic E-state index is 0.213. The molecule has 28 heavy (non-hydrogen) atoms. The van der Waals surface area contributed by atoms with E-state index in [1.165, 1.54) is 38.5 Å². The molecular formula is C24H36N2O2. The van der Waals surface area contributed by atoms with E-state index in [0.717, 1.165) is 42.1 Å². The normalized spacial score (nSPS) is 11.9. The summed E-state index contributed by atoms with van der Waals surface area (Å²) in [6, 6.07) is 15.2. The van der Waals surface area contributed by atoms with Crippen molar-refractivity contribution >= 4 is 11.4 Å². The molecule has 0 amide bonds. The number of unbranched alkanes of at least 4 members (excludes halogenated alkanes) is 5. The first kappa shape index (κ1) is 21.9. The Morgan fingerprint density at radius 2 is 1.21 bits per heavy atom. The summed E-state index contributed by atoms with van der Waals surface area (Å²) in [5, 5.41) is 0. The van der Waals surface area contributed by atoms with Gasteiger partial charge in [0.25, 0.3) is 0 Å². The van der Waals surface area contributed by atoms with E-state index >= 15 is 0 Å². The second-order valence-electron chi connectivity index (χ2n) is 7.43. The molecule has 0 aliphatic heterocycles.